The van der Waals surface area contributed by atoms with Gasteiger partial charge in [0.1, 0.15) is 22.2 Å². The van der Waals surface area contributed by atoms with E-state index in [2.05, 4.69) is 15.6 Å². The molecule has 3 aromatic rings. The number of carbonyl (C=O) groups excluding carboxylic acids is 1. The zero-order valence-corrected chi connectivity index (χ0v) is 24.3. The number of nitrogens with one attached hydrogen (secondary N) is 2. The van der Waals surface area contributed by atoms with E-state index in [-0.39, 0.29) is 37.0 Å². The average molecular weight is 602 g/mol. The van der Waals surface area contributed by atoms with E-state index in [4.69, 9.17) is 9.72 Å². The Morgan fingerprint density at radius 3 is 2.38 bits per heavy atom. The second kappa shape index (κ2) is 11.2. The molecule has 0 spiro atoms. The molecule has 5 rings (SSSR count). The summed E-state index contributed by atoms with van der Waals surface area (Å²) in [6, 6.07) is 10.1. The van der Waals surface area contributed by atoms with Crippen molar-refractivity contribution in [3.63, 3.8) is 0 Å². The lowest BCUT2D eigenvalue weighted by molar-refractivity contribution is 0.0985. The first-order valence-corrected chi connectivity index (χ1v) is 15.1. The molecule has 3 N–H and O–H groups in total. The third-order valence-corrected chi connectivity index (χ3v) is 9.96. The van der Waals surface area contributed by atoms with E-state index in [1.54, 1.807) is 44.2 Å². The molecular formula is C29H33F2N5O5S. The van der Waals surface area contributed by atoms with E-state index in [0.717, 1.165) is 12.1 Å². The second-order valence-electron chi connectivity index (χ2n) is 11.4. The Hall–Kier alpha value is -3.68. The zero-order chi connectivity index (χ0) is 30.3. The van der Waals surface area contributed by atoms with Gasteiger partial charge in [0, 0.05) is 29.9 Å². The number of carbonyl (C=O) groups is 1. The number of hydrogen-bond acceptors (Lipinski definition) is 8. The number of aromatic nitrogens is 2. The van der Waals surface area contributed by atoms with E-state index >= 15 is 0 Å². The summed E-state index contributed by atoms with van der Waals surface area (Å²) in [6.07, 6.45) is 0.481. The van der Waals surface area contributed by atoms with Gasteiger partial charge in [0.2, 0.25) is 0 Å². The van der Waals surface area contributed by atoms with Crippen molar-refractivity contribution in [1.29, 1.82) is 0 Å². The molecule has 42 heavy (non-hydrogen) atoms. The van der Waals surface area contributed by atoms with Crippen LogP contribution in [0.4, 0.5) is 25.1 Å². The summed E-state index contributed by atoms with van der Waals surface area (Å²) in [5.41, 5.74) is 0.503. The number of hydrogen-bond donors (Lipinski definition) is 3. The number of morpholine rings is 1. The molecule has 2 fully saturated rings. The van der Waals surface area contributed by atoms with Gasteiger partial charge in [-0.15, -0.1) is 0 Å². The fraction of sp³-hybridized carbons (Fsp3) is 0.414. The number of aliphatic hydroxyl groups excluding tert-OH is 1. The maximum absolute atomic E-state index is 14.0. The maximum Gasteiger partial charge on any atom is 0.319 e. The number of anilines is 2. The molecule has 0 unspecified atom stereocenters. The predicted octanol–water partition coefficient (Wildman–Crippen LogP) is 4.00. The first-order valence-electron chi connectivity index (χ1n) is 13.6. The summed E-state index contributed by atoms with van der Waals surface area (Å²) >= 11 is 0. The molecule has 13 heteroatoms. The molecule has 1 aliphatic heterocycles. The van der Waals surface area contributed by atoms with Crippen LogP contribution in [0.15, 0.2) is 53.4 Å². The SMILES string of the molecule is C[C@H]1COCCN1c1cc(C2(S(=O)(=O)c3cc(F)cc(F)c3)CC2)nc(-c2ccc(NC(=O)NC(C)(C)CO)cc2)n1. The molecule has 0 radical (unpaired) electrons. The Morgan fingerprint density at radius 1 is 1.12 bits per heavy atom. The van der Waals surface area contributed by atoms with Crippen molar-refractivity contribution in [2.75, 3.05) is 36.6 Å². The normalized spacial score (nSPS) is 18.4. The van der Waals surface area contributed by atoms with Gasteiger partial charge in [-0.25, -0.2) is 32.0 Å². The van der Waals surface area contributed by atoms with Gasteiger partial charge >= 0.3 is 6.03 Å². The predicted molar refractivity (Wildman–Crippen MR) is 153 cm³/mol. The van der Waals surface area contributed by atoms with Gasteiger partial charge in [0.05, 0.1) is 42.0 Å². The minimum absolute atomic E-state index is 0.0355. The number of ether oxygens (including phenoxy) is 1. The molecule has 1 saturated heterocycles. The van der Waals surface area contributed by atoms with Crippen molar-refractivity contribution in [2.45, 2.75) is 54.8 Å². The minimum Gasteiger partial charge on any atom is -0.394 e. The molecule has 1 atom stereocenters. The van der Waals surface area contributed by atoms with Gasteiger partial charge in [-0.2, -0.15) is 0 Å². The van der Waals surface area contributed by atoms with Crippen molar-refractivity contribution in [3.8, 4) is 11.4 Å². The monoisotopic (exact) mass is 601 g/mol. The van der Waals surface area contributed by atoms with Crippen LogP contribution in [0.5, 0.6) is 0 Å². The fourth-order valence-electron chi connectivity index (χ4n) is 4.91. The first-order chi connectivity index (χ1) is 19.8. The molecule has 10 nitrogen and oxygen atoms in total. The lowest BCUT2D eigenvalue weighted by atomic mass is 10.1. The van der Waals surface area contributed by atoms with Crippen molar-refractivity contribution in [3.05, 3.63) is 65.9 Å². The molecule has 224 valence electrons. The van der Waals surface area contributed by atoms with Gasteiger partial charge < -0.3 is 25.4 Å². The fourth-order valence-corrected chi connectivity index (χ4v) is 6.91. The average Bonchev–Trinajstić information content (AvgIpc) is 3.76. The van der Waals surface area contributed by atoms with Gasteiger partial charge in [0.15, 0.2) is 15.7 Å². The molecule has 2 heterocycles. The van der Waals surface area contributed by atoms with Crippen LogP contribution in [-0.2, 0) is 19.3 Å². The number of urea groups is 1. The van der Waals surface area contributed by atoms with Crippen LogP contribution in [0.25, 0.3) is 11.4 Å². The van der Waals surface area contributed by atoms with Gasteiger partial charge in [-0.1, -0.05) is 0 Å². The molecule has 2 aliphatic rings. The van der Waals surface area contributed by atoms with Crippen LogP contribution < -0.4 is 15.5 Å². The smallest absolute Gasteiger partial charge is 0.319 e. The van der Waals surface area contributed by atoms with Crippen LogP contribution in [0.3, 0.4) is 0 Å². The van der Waals surface area contributed by atoms with Gasteiger partial charge in [-0.05, 0) is 70.0 Å². The standard InChI is InChI=1S/C29H33F2N5O5S/c1-18-16-41-11-10-36(18)25-15-24(29(8-9-29)42(39,40)23-13-20(30)12-21(31)14-23)33-26(34-25)19-4-6-22(7-5-19)32-27(38)35-28(2,3)17-37/h4-7,12-15,18,37H,8-11,16-17H2,1-3H3,(H2,32,35,38)/t18-/m0/s1. The van der Waals surface area contributed by atoms with Crippen molar-refractivity contribution < 1.29 is 31.8 Å². The van der Waals surface area contributed by atoms with Crippen molar-refractivity contribution in [2.24, 2.45) is 0 Å². The highest BCUT2D eigenvalue weighted by atomic mass is 32.2. The number of amides is 2. The van der Waals surface area contributed by atoms with Crippen LogP contribution >= 0.6 is 0 Å². The number of rotatable bonds is 8. The highest BCUT2D eigenvalue weighted by Gasteiger charge is 2.58. The molecular weight excluding hydrogens is 568 g/mol. The summed E-state index contributed by atoms with van der Waals surface area (Å²) < 4.78 is 59.8. The molecule has 2 amide bonds. The molecule has 1 aromatic heterocycles. The largest absolute Gasteiger partial charge is 0.394 e. The van der Waals surface area contributed by atoms with E-state index in [1.165, 1.54) is 0 Å². The Kier molecular flexibility index (Phi) is 7.94. The van der Waals surface area contributed by atoms with Crippen LogP contribution in [0.1, 0.15) is 39.3 Å². The Morgan fingerprint density at radius 2 is 1.79 bits per heavy atom. The summed E-state index contributed by atoms with van der Waals surface area (Å²) in [6.45, 7) is 6.59. The number of benzene rings is 2. The number of sulfone groups is 1. The van der Waals surface area contributed by atoms with Gasteiger partial charge in [0.25, 0.3) is 0 Å². The summed E-state index contributed by atoms with van der Waals surface area (Å²) in [4.78, 5) is 23.4. The molecule has 0 bridgehead atoms. The van der Waals surface area contributed by atoms with Crippen LogP contribution in [0.2, 0.25) is 0 Å². The highest BCUT2D eigenvalue weighted by Crippen LogP contribution is 2.55. The second-order valence-corrected chi connectivity index (χ2v) is 13.6. The van der Waals surface area contributed by atoms with E-state index in [1.807, 2.05) is 11.8 Å². The van der Waals surface area contributed by atoms with E-state index in [9.17, 15) is 27.1 Å². The molecule has 1 aliphatic carbocycles. The Bertz CT molecular complexity index is 1580. The molecule has 1 saturated carbocycles. The minimum atomic E-state index is -4.21. The maximum atomic E-state index is 14.0. The quantitative estimate of drug-likeness (QED) is 0.353. The lowest BCUT2D eigenvalue weighted by Crippen LogP contribution is -2.48. The topological polar surface area (TPSA) is 134 Å². The first kappa shape index (κ1) is 29.8. The van der Waals surface area contributed by atoms with E-state index < -0.39 is 42.7 Å². The summed E-state index contributed by atoms with van der Waals surface area (Å²) in [7, 11) is -4.21. The van der Waals surface area contributed by atoms with Gasteiger partial charge in [-0.3, -0.25) is 0 Å². The lowest BCUT2D eigenvalue weighted by Gasteiger charge is -2.34. The summed E-state index contributed by atoms with van der Waals surface area (Å²) in [5, 5.41) is 14.8. The molecule has 2 aromatic carbocycles. The zero-order valence-electron chi connectivity index (χ0n) is 23.5. The Balaban J connectivity index is 1.53. The highest BCUT2D eigenvalue weighted by molar-refractivity contribution is 7.92. The third kappa shape index (κ3) is 5.94. The Labute approximate surface area is 243 Å². The van der Waals surface area contributed by atoms with Crippen molar-refractivity contribution >= 4 is 27.4 Å². The van der Waals surface area contributed by atoms with E-state index in [0.29, 0.717) is 42.9 Å². The van der Waals surface area contributed by atoms with Crippen LogP contribution in [-0.4, -0.2) is 67.5 Å². The number of aliphatic hydroxyl groups is 1. The third-order valence-electron chi connectivity index (χ3n) is 7.45. The number of halogens is 2. The summed E-state index contributed by atoms with van der Waals surface area (Å²) in [5.74, 6) is -1.16. The van der Waals surface area contributed by atoms with Crippen molar-refractivity contribution in [1.82, 2.24) is 15.3 Å². The van der Waals surface area contributed by atoms with Crippen LogP contribution in [0, 0.1) is 11.6 Å². The number of nitrogens with zero attached hydrogens (tertiary/aromatic N) is 3.